The van der Waals surface area contributed by atoms with Crippen LogP contribution >= 0.6 is 11.6 Å². The maximum Gasteiger partial charge on any atom is 0.248 e. The molecule has 1 amide bonds. The number of rotatable bonds is 5. The summed E-state index contributed by atoms with van der Waals surface area (Å²) in [5.41, 5.74) is 2.17. The molecule has 1 fully saturated rings. The molecular formula is C20H21ClN2O4S. The Hall–Kier alpha value is -2.19. The van der Waals surface area contributed by atoms with Crippen molar-refractivity contribution in [2.24, 2.45) is 0 Å². The summed E-state index contributed by atoms with van der Waals surface area (Å²) in [7, 11) is -3.62. The number of nitrogens with one attached hydrogen (secondary N) is 1. The molecule has 0 aromatic heterocycles. The predicted octanol–water partition coefficient (Wildman–Crippen LogP) is 3.32. The van der Waals surface area contributed by atoms with Crippen molar-refractivity contribution in [3.8, 4) is 0 Å². The maximum atomic E-state index is 12.7. The Morgan fingerprint density at radius 2 is 1.93 bits per heavy atom. The predicted molar refractivity (Wildman–Crippen MR) is 110 cm³/mol. The lowest BCUT2D eigenvalue weighted by Crippen LogP contribution is -2.40. The van der Waals surface area contributed by atoms with Gasteiger partial charge in [-0.05, 0) is 48.4 Å². The zero-order valence-electron chi connectivity index (χ0n) is 15.4. The summed E-state index contributed by atoms with van der Waals surface area (Å²) in [6.45, 7) is 3.30. The van der Waals surface area contributed by atoms with E-state index >= 15 is 0 Å². The third-order valence-electron chi connectivity index (χ3n) is 4.33. The largest absolute Gasteiger partial charge is 0.379 e. The summed E-state index contributed by atoms with van der Waals surface area (Å²) in [4.78, 5) is 12.3. The second-order valence-electron chi connectivity index (χ2n) is 6.38. The molecule has 0 saturated carbocycles. The number of anilines is 1. The van der Waals surface area contributed by atoms with Gasteiger partial charge < -0.3 is 10.1 Å². The van der Waals surface area contributed by atoms with Crippen molar-refractivity contribution in [3.63, 3.8) is 0 Å². The number of hydrogen-bond donors (Lipinski definition) is 1. The van der Waals surface area contributed by atoms with Crippen LogP contribution in [0.4, 0.5) is 5.69 Å². The number of ether oxygens (including phenoxy) is 1. The van der Waals surface area contributed by atoms with Gasteiger partial charge in [0.1, 0.15) is 0 Å². The minimum absolute atomic E-state index is 0.140. The molecule has 28 heavy (non-hydrogen) atoms. The van der Waals surface area contributed by atoms with E-state index in [1.54, 1.807) is 24.3 Å². The Morgan fingerprint density at radius 1 is 1.18 bits per heavy atom. The van der Waals surface area contributed by atoms with E-state index in [2.05, 4.69) is 5.32 Å². The van der Waals surface area contributed by atoms with Crippen LogP contribution in [0.5, 0.6) is 0 Å². The summed E-state index contributed by atoms with van der Waals surface area (Å²) >= 11 is 6.08. The highest BCUT2D eigenvalue weighted by atomic mass is 35.5. The fourth-order valence-corrected chi connectivity index (χ4v) is 4.38. The SMILES string of the molecule is Cc1ccc(/C=C/C(=O)Nc2cccc(S(=O)(=O)N3CCOCC3)c2)cc1Cl. The molecule has 0 spiro atoms. The summed E-state index contributed by atoms with van der Waals surface area (Å²) in [6.07, 6.45) is 3.03. The zero-order valence-corrected chi connectivity index (χ0v) is 17.0. The van der Waals surface area contributed by atoms with Gasteiger partial charge in [0.05, 0.1) is 18.1 Å². The van der Waals surface area contributed by atoms with E-state index in [1.807, 2.05) is 19.1 Å². The average molecular weight is 421 g/mol. The van der Waals surface area contributed by atoms with E-state index in [0.29, 0.717) is 37.0 Å². The molecule has 3 rings (SSSR count). The molecule has 148 valence electrons. The summed E-state index contributed by atoms with van der Waals surface area (Å²) in [5.74, 6) is -0.363. The number of nitrogens with zero attached hydrogens (tertiary/aromatic N) is 1. The Morgan fingerprint density at radius 3 is 2.64 bits per heavy atom. The molecule has 1 heterocycles. The summed E-state index contributed by atoms with van der Waals surface area (Å²) in [5, 5.41) is 3.32. The molecule has 0 atom stereocenters. The molecule has 2 aromatic rings. The van der Waals surface area contributed by atoms with E-state index in [1.165, 1.54) is 22.5 Å². The van der Waals surface area contributed by atoms with Gasteiger partial charge in [0.25, 0.3) is 0 Å². The molecule has 1 N–H and O–H groups in total. The van der Waals surface area contributed by atoms with Crippen LogP contribution in [-0.2, 0) is 19.6 Å². The van der Waals surface area contributed by atoms with E-state index in [0.717, 1.165) is 11.1 Å². The molecule has 0 radical (unpaired) electrons. The quantitative estimate of drug-likeness (QED) is 0.753. The van der Waals surface area contributed by atoms with E-state index in [9.17, 15) is 13.2 Å². The minimum atomic E-state index is -3.62. The molecule has 2 aromatic carbocycles. The summed E-state index contributed by atoms with van der Waals surface area (Å²) < 4.78 is 32.0. The topological polar surface area (TPSA) is 75.7 Å². The zero-order chi connectivity index (χ0) is 20.1. The van der Waals surface area contributed by atoms with E-state index in [4.69, 9.17) is 16.3 Å². The Bertz CT molecular complexity index is 999. The molecule has 0 aliphatic carbocycles. The third-order valence-corrected chi connectivity index (χ3v) is 6.63. The van der Waals surface area contributed by atoms with Crippen LogP contribution in [0.1, 0.15) is 11.1 Å². The molecule has 6 nitrogen and oxygen atoms in total. The number of benzene rings is 2. The van der Waals surface area contributed by atoms with Crippen molar-refractivity contribution in [1.29, 1.82) is 0 Å². The standard InChI is InChI=1S/C20H21ClN2O4S/c1-15-5-6-16(13-19(15)21)7-8-20(24)22-17-3-2-4-18(14-17)28(25,26)23-9-11-27-12-10-23/h2-8,13-14H,9-12H2,1H3,(H,22,24)/b8-7+. The molecule has 0 bridgehead atoms. The lowest BCUT2D eigenvalue weighted by Gasteiger charge is -2.26. The van der Waals surface area contributed by atoms with Crippen LogP contribution in [0.15, 0.2) is 53.4 Å². The van der Waals surface area contributed by atoms with Crippen molar-refractivity contribution in [2.45, 2.75) is 11.8 Å². The van der Waals surface area contributed by atoms with Crippen LogP contribution in [0.2, 0.25) is 5.02 Å². The second kappa shape index (κ2) is 8.87. The van der Waals surface area contributed by atoms with Crippen molar-refractivity contribution < 1.29 is 17.9 Å². The lowest BCUT2D eigenvalue weighted by atomic mass is 10.1. The number of halogens is 1. The van der Waals surface area contributed by atoms with Gasteiger partial charge in [-0.25, -0.2) is 8.42 Å². The molecule has 0 unspecified atom stereocenters. The lowest BCUT2D eigenvalue weighted by molar-refractivity contribution is -0.111. The molecule has 8 heteroatoms. The van der Waals surface area contributed by atoms with Gasteiger partial charge in [0.15, 0.2) is 0 Å². The van der Waals surface area contributed by atoms with Gasteiger partial charge in [0, 0.05) is 29.9 Å². The van der Waals surface area contributed by atoms with Gasteiger partial charge in [-0.3, -0.25) is 4.79 Å². The average Bonchev–Trinajstić information content (AvgIpc) is 2.70. The first-order chi connectivity index (χ1) is 13.4. The first-order valence-corrected chi connectivity index (χ1v) is 10.6. The van der Waals surface area contributed by atoms with Gasteiger partial charge in [-0.15, -0.1) is 0 Å². The fourth-order valence-electron chi connectivity index (χ4n) is 2.74. The first-order valence-electron chi connectivity index (χ1n) is 8.79. The molecular weight excluding hydrogens is 400 g/mol. The Kier molecular flexibility index (Phi) is 6.51. The summed E-state index contributed by atoms with van der Waals surface area (Å²) in [6, 6.07) is 11.7. The highest BCUT2D eigenvalue weighted by Gasteiger charge is 2.26. The monoisotopic (exact) mass is 420 g/mol. The van der Waals surface area contributed by atoms with Crippen LogP contribution in [0, 0.1) is 6.92 Å². The Labute approximate surface area is 169 Å². The van der Waals surface area contributed by atoms with Crippen molar-refractivity contribution >= 4 is 39.3 Å². The Balaban J connectivity index is 1.70. The van der Waals surface area contributed by atoms with Gasteiger partial charge in [0.2, 0.25) is 15.9 Å². The van der Waals surface area contributed by atoms with Gasteiger partial charge >= 0.3 is 0 Å². The van der Waals surface area contributed by atoms with Crippen LogP contribution < -0.4 is 5.32 Å². The van der Waals surface area contributed by atoms with Crippen molar-refractivity contribution in [2.75, 3.05) is 31.6 Å². The van der Waals surface area contributed by atoms with E-state index < -0.39 is 10.0 Å². The maximum absolute atomic E-state index is 12.7. The van der Waals surface area contributed by atoms with Crippen LogP contribution in [0.25, 0.3) is 6.08 Å². The normalized spacial score (nSPS) is 15.6. The third kappa shape index (κ3) is 4.99. The minimum Gasteiger partial charge on any atom is -0.379 e. The number of sulfonamides is 1. The van der Waals surface area contributed by atoms with E-state index in [-0.39, 0.29) is 10.8 Å². The second-order valence-corrected chi connectivity index (χ2v) is 8.72. The number of carbonyl (C=O) groups is 1. The van der Waals surface area contributed by atoms with Crippen LogP contribution in [0.3, 0.4) is 0 Å². The number of hydrogen-bond acceptors (Lipinski definition) is 4. The van der Waals surface area contributed by atoms with Gasteiger partial charge in [-0.1, -0.05) is 29.8 Å². The highest BCUT2D eigenvalue weighted by molar-refractivity contribution is 7.89. The molecule has 1 aliphatic rings. The number of carbonyl (C=O) groups excluding carboxylic acids is 1. The smallest absolute Gasteiger partial charge is 0.248 e. The number of morpholine rings is 1. The number of aryl methyl sites for hydroxylation is 1. The first kappa shape index (κ1) is 20.5. The van der Waals surface area contributed by atoms with Crippen molar-refractivity contribution in [1.82, 2.24) is 4.31 Å². The number of amides is 1. The van der Waals surface area contributed by atoms with Gasteiger partial charge in [-0.2, -0.15) is 4.31 Å². The molecule has 1 aliphatic heterocycles. The fraction of sp³-hybridized carbons (Fsp3) is 0.250. The highest BCUT2D eigenvalue weighted by Crippen LogP contribution is 2.21. The molecule has 1 saturated heterocycles. The van der Waals surface area contributed by atoms with Crippen LogP contribution in [-0.4, -0.2) is 44.9 Å². The van der Waals surface area contributed by atoms with Crippen molar-refractivity contribution in [3.05, 3.63) is 64.7 Å².